The van der Waals surface area contributed by atoms with Crippen LogP contribution in [0, 0.1) is 0 Å². The van der Waals surface area contributed by atoms with E-state index in [1.165, 1.54) is 5.56 Å². The third kappa shape index (κ3) is 5.12. The maximum atomic E-state index is 6.31. The van der Waals surface area contributed by atoms with Gasteiger partial charge in [-0.25, -0.2) is 5.10 Å². The van der Waals surface area contributed by atoms with Crippen molar-refractivity contribution in [3.63, 3.8) is 0 Å². The van der Waals surface area contributed by atoms with Crippen LogP contribution in [0.2, 0.25) is 10.0 Å². The van der Waals surface area contributed by atoms with E-state index in [-0.39, 0.29) is 0 Å². The molecule has 0 aliphatic heterocycles. The third-order valence-corrected chi connectivity index (χ3v) is 4.95. The van der Waals surface area contributed by atoms with Gasteiger partial charge in [0.05, 0.1) is 10.0 Å². The first kappa shape index (κ1) is 17.5. The van der Waals surface area contributed by atoms with Crippen LogP contribution >= 0.6 is 35.0 Å². The molecule has 0 atom stereocenters. The van der Waals surface area contributed by atoms with Crippen molar-refractivity contribution in [2.45, 2.75) is 37.9 Å². The summed E-state index contributed by atoms with van der Waals surface area (Å²) < 4.78 is 0. The van der Waals surface area contributed by atoms with Crippen molar-refractivity contribution in [3.8, 4) is 0 Å². The second-order valence-electron chi connectivity index (χ2n) is 4.83. The number of hydrogen-bond donors (Lipinski definition) is 2. The zero-order chi connectivity index (χ0) is 15.8. The molecule has 0 saturated heterocycles. The van der Waals surface area contributed by atoms with E-state index in [0.717, 1.165) is 48.8 Å². The monoisotopic (exact) mass is 359 g/mol. The first-order valence-corrected chi connectivity index (χ1v) is 8.99. The van der Waals surface area contributed by atoms with Gasteiger partial charge < -0.3 is 5.32 Å². The van der Waals surface area contributed by atoms with Crippen LogP contribution in [-0.2, 0) is 13.0 Å². The molecule has 0 fully saturated rings. The van der Waals surface area contributed by atoms with Crippen LogP contribution in [0.5, 0.6) is 0 Å². The Balaban J connectivity index is 1.75. The molecule has 8 heteroatoms. The molecule has 1 aromatic heterocycles. The lowest BCUT2D eigenvalue weighted by Crippen LogP contribution is -2.16. The van der Waals surface area contributed by atoms with E-state index in [1.54, 1.807) is 11.8 Å². The Labute approximate surface area is 144 Å². The zero-order valence-corrected chi connectivity index (χ0v) is 14.7. The molecule has 0 saturated carbocycles. The van der Waals surface area contributed by atoms with Gasteiger partial charge in [-0.1, -0.05) is 54.4 Å². The van der Waals surface area contributed by atoms with Crippen LogP contribution in [0.3, 0.4) is 0 Å². The number of nitrogens with zero attached hydrogens (tertiary/aromatic N) is 3. The van der Waals surface area contributed by atoms with Crippen molar-refractivity contribution < 1.29 is 0 Å². The van der Waals surface area contributed by atoms with Gasteiger partial charge in [-0.15, -0.1) is 5.10 Å². The summed E-state index contributed by atoms with van der Waals surface area (Å²) in [5.41, 5.74) is 2.38. The van der Waals surface area contributed by atoms with Gasteiger partial charge in [0, 0.05) is 12.3 Å². The molecule has 0 bridgehead atoms. The molecular formula is C14H19Cl2N5S. The predicted molar refractivity (Wildman–Crippen MR) is 91.7 cm³/mol. The van der Waals surface area contributed by atoms with Gasteiger partial charge in [0.15, 0.2) is 0 Å². The number of hydrogen-bond acceptors (Lipinski definition) is 5. The molecule has 0 aliphatic carbocycles. The molecule has 1 aromatic carbocycles. The van der Waals surface area contributed by atoms with Gasteiger partial charge in [-0.05, 0) is 47.0 Å². The highest BCUT2D eigenvalue weighted by Gasteiger charge is 2.09. The quantitative estimate of drug-likeness (QED) is 0.527. The van der Waals surface area contributed by atoms with Crippen LogP contribution in [0.15, 0.2) is 17.3 Å². The van der Waals surface area contributed by atoms with E-state index < -0.39 is 0 Å². The lowest BCUT2D eigenvalue weighted by Gasteiger charge is -2.13. The van der Waals surface area contributed by atoms with Crippen molar-refractivity contribution in [3.05, 3.63) is 33.3 Å². The number of halogens is 2. The van der Waals surface area contributed by atoms with Crippen molar-refractivity contribution in [1.82, 2.24) is 25.9 Å². The van der Waals surface area contributed by atoms with Crippen molar-refractivity contribution >= 4 is 35.0 Å². The number of aromatic amines is 1. The SMILES string of the molecule is CCCc1c(CNCCCSc2nnn[nH]2)ccc(Cl)c1Cl. The van der Waals surface area contributed by atoms with Crippen LogP contribution < -0.4 is 5.32 Å². The molecule has 5 nitrogen and oxygen atoms in total. The van der Waals surface area contributed by atoms with Gasteiger partial charge in [-0.3, -0.25) is 0 Å². The number of aromatic nitrogens is 4. The molecule has 0 spiro atoms. The van der Waals surface area contributed by atoms with Gasteiger partial charge in [0.25, 0.3) is 0 Å². The summed E-state index contributed by atoms with van der Waals surface area (Å²) in [7, 11) is 0. The predicted octanol–water partition coefficient (Wildman–Crippen LogP) is 3.73. The number of nitrogens with one attached hydrogen (secondary N) is 2. The van der Waals surface area contributed by atoms with Gasteiger partial charge in [-0.2, -0.15) is 0 Å². The topological polar surface area (TPSA) is 66.5 Å². The second kappa shape index (κ2) is 9.35. The third-order valence-electron chi connectivity index (χ3n) is 3.17. The second-order valence-corrected chi connectivity index (χ2v) is 6.70. The van der Waals surface area contributed by atoms with Crippen molar-refractivity contribution in [2.75, 3.05) is 12.3 Å². The molecule has 1 heterocycles. The summed E-state index contributed by atoms with van der Waals surface area (Å²) in [5.74, 6) is 0.965. The molecule has 120 valence electrons. The van der Waals surface area contributed by atoms with E-state index in [9.17, 15) is 0 Å². The summed E-state index contributed by atoms with van der Waals surface area (Å²) in [6, 6.07) is 3.92. The van der Waals surface area contributed by atoms with Gasteiger partial charge in [0.2, 0.25) is 5.16 Å². The zero-order valence-electron chi connectivity index (χ0n) is 12.4. The van der Waals surface area contributed by atoms with Crippen LogP contribution in [0.1, 0.15) is 30.9 Å². The Morgan fingerprint density at radius 2 is 2.18 bits per heavy atom. The first-order chi connectivity index (χ1) is 10.7. The molecule has 2 rings (SSSR count). The number of benzene rings is 1. The smallest absolute Gasteiger partial charge is 0.206 e. The molecule has 0 aliphatic rings. The highest BCUT2D eigenvalue weighted by molar-refractivity contribution is 7.99. The summed E-state index contributed by atoms with van der Waals surface area (Å²) in [5, 5.41) is 19.2. The minimum Gasteiger partial charge on any atom is -0.313 e. The average molecular weight is 360 g/mol. The molecule has 2 N–H and O–H groups in total. The lowest BCUT2D eigenvalue weighted by molar-refractivity contribution is 0.672. The van der Waals surface area contributed by atoms with Crippen molar-refractivity contribution in [2.24, 2.45) is 0 Å². The molecule has 0 amide bonds. The first-order valence-electron chi connectivity index (χ1n) is 7.25. The Hall–Kier alpha value is -0.820. The van der Waals surface area contributed by atoms with E-state index in [0.29, 0.717) is 10.0 Å². The summed E-state index contributed by atoms with van der Waals surface area (Å²) in [6.45, 7) is 3.88. The molecule has 0 unspecified atom stereocenters. The molecular weight excluding hydrogens is 341 g/mol. The van der Waals surface area contributed by atoms with E-state index in [4.69, 9.17) is 23.2 Å². The maximum Gasteiger partial charge on any atom is 0.206 e. The lowest BCUT2D eigenvalue weighted by atomic mass is 10.0. The largest absolute Gasteiger partial charge is 0.313 e. The fourth-order valence-corrected chi connectivity index (χ4v) is 3.26. The molecule has 2 aromatic rings. The average Bonchev–Trinajstić information content (AvgIpc) is 3.03. The standard InChI is InChI=1S/C14H19Cl2N5S/c1-2-4-11-10(5-6-12(15)13(11)16)9-17-7-3-8-22-14-18-20-21-19-14/h5-6,17H,2-4,7-9H2,1H3,(H,18,19,20,21). The number of H-pyrrole nitrogens is 1. The minimum absolute atomic E-state index is 0.630. The van der Waals surface area contributed by atoms with E-state index in [2.05, 4.69) is 38.9 Å². The normalized spacial score (nSPS) is 11.0. The number of thioether (sulfide) groups is 1. The fourth-order valence-electron chi connectivity index (χ4n) is 2.12. The summed E-state index contributed by atoms with van der Waals surface area (Å²) >= 11 is 14.0. The molecule has 0 radical (unpaired) electrons. The Bertz CT molecular complexity index is 577. The maximum absolute atomic E-state index is 6.31. The van der Waals surface area contributed by atoms with E-state index >= 15 is 0 Å². The summed E-state index contributed by atoms with van der Waals surface area (Å²) in [4.78, 5) is 0. The van der Waals surface area contributed by atoms with Gasteiger partial charge >= 0.3 is 0 Å². The van der Waals surface area contributed by atoms with Crippen LogP contribution in [-0.4, -0.2) is 32.9 Å². The number of rotatable bonds is 9. The Morgan fingerprint density at radius 3 is 2.91 bits per heavy atom. The highest BCUT2D eigenvalue weighted by Crippen LogP contribution is 2.29. The minimum atomic E-state index is 0.630. The Kier molecular flexibility index (Phi) is 7.45. The van der Waals surface area contributed by atoms with Crippen LogP contribution in [0.4, 0.5) is 0 Å². The van der Waals surface area contributed by atoms with Crippen molar-refractivity contribution in [1.29, 1.82) is 0 Å². The highest BCUT2D eigenvalue weighted by atomic mass is 35.5. The van der Waals surface area contributed by atoms with Gasteiger partial charge in [0.1, 0.15) is 0 Å². The Morgan fingerprint density at radius 1 is 1.32 bits per heavy atom. The molecule has 22 heavy (non-hydrogen) atoms. The summed E-state index contributed by atoms with van der Waals surface area (Å²) in [6.07, 6.45) is 3.04. The van der Waals surface area contributed by atoms with E-state index in [1.807, 2.05) is 6.07 Å². The fraction of sp³-hybridized carbons (Fsp3) is 0.500. The number of tetrazole rings is 1. The van der Waals surface area contributed by atoms with Crippen LogP contribution in [0.25, 0.3) is 0 Å².